The molecule has 18 heavy (non-hydrogen) atoms. The number of likely N-dealkylation sites (N-methyl/N-ethyl adjacent to an activating group) is 1. The van der Waals surface area contributed by atoms with Gasteiger partial charge in [0.1, 0.15) is 0 Å². The number of hydrogen-bond donors (Lipinski definition) is 1. The second-order valence-corrected chi connectivity index (χ2v) is 5.84. The molecule has 0 saturated carbocycles. The second-order valence-electron chi connectivity index (χ2n) is 5.84. The second kappa shape index (κ2) is 6.01. The van der Waals surface area contributed by atoms with Crippen LogP contribution in [0, 0.1) is 6.92 Å². The lowest BCUT2D eigenvalue weighted by Gasteiger charge is -2.23. The van der Waals surface area contributed by atoms with Gasteiger partial charge in [0, 0.05) is 19.1 Å². The minimum Gasteiger partial charge on any atom is -0.340 e. The van der Waals surface area contributed by atoms with E-state index >= 15 is 0 Å². The lowest BCUT2D eigenvalue weighted by molar-refractivity contribution is -0.129. The molecule has 3 heteroatoms. The molecule has 1 N–H and O–H groups in total. The predicted molar refractivity (Wildman–Crippen MR) is 75.4 cm³/mol. The van der Waals surface area contributed by atoms with E-state index < -0.39 is 0 Å². The van der Waals surface area contributed by atoms with Gasteiger partial charge in [-0.3, -0.25) is 4.79 Å². The molecule has 3 nitrogen and oxygen atoms in total. The van der Waals surface area contributed by atoms with Crippen molar-refractivity contribution in [3.63, 3.8) is 0 Å². The topological polar surface area (TPSA) is 32.3 Å². The van der Waals surface area contributed by atoms with E-state index in [4.69, 9.17) is 0 Å². The molecule has 0 atom stereocenters. The van der Waals surface area contributed by atoms with Crippen LogP contribution in [0.4, 0.5) is 0 Å². The standard InChI is InChI=1S/C15H24N2O/c1-12-6-8-13(9-7-12)11-17(5)14(18)10-16-15(2,3)4/h6-9,16H,10-11H2,1-5H3. The van der Waals surface area contributed by atoms with Gasteiger partial charge in [-0.25, -0.2) is 0 Å². The van der Waals surface area contributed by atoms with Crippen LogP contribution in [0.5, 0.6) is 0 Å². The number of nitrogens with one attached hydrogen (secondary N) is 1. The third kappa shape index (κ3) is 5.32. The van der Waals surface area contributed by atoms with Crippen LogP contribution >= 0.6 is 0 Å². The summed E-state index contributed by atoms with van der Waals surface area (Å²) in [5.41, 5.74) is 2.37. The minimum absolute atomic E-state index is 0.0274. The Bertz CT molecular complexity index is 390. The largest absolute Gasteiger partial charge is 0.340 e. The molecule has 0 fully saturated rings. The Morgan fingerprint density at radius 2 is 1.78 bits per heavy atom. The zero-order chi connectivity index (χ0) is 13.8. The van der Waals surface area contributed by atoms with Crippen molar-refractivity contribution in [2.24, 2.45) is 0 Å². The molecule has 0 bridgehead atoms. The summed E-state index contributed by atoms with van der Waals surface area (Å²) >= 11 is 0. The molecule has 0 unspecified atom stereocenters. The lowest BCUT2D eigenvalue weighted by Crippen LogP contribution is -2.43. The van der Waals surface area contributed by atoms with E-state index in [1.165, 1.54) is 5.56 Å². The van der Waals surface area contributed by atoms with E-state index in [0.717, 1.165) is 5.56 Å². The molecular weight excluding hydrogens is 224 g/mol. The monoisotopic (exact) mass is 248 g/mol. The average molecular weight is 248 g/mol. The van der Waals surface area contributed by atoms with Gasteiger partial charge in [0.2, 0.25) is 5.91 Å². The molecule has 100 valence electrons. The Morgan fingerprint density at radius 3 is 2.28 bits per heavy atom. The van der Waals surface area contributed by atoms with Gasteiger partial charge in [0.15, 0.2) is 0 Å². The van der Waals surface area contributed by atoms with E-state index in [2.05, 4.69) is 57.3 Å². The molecule has 1 rings (SSSR count). The number of carbonyl (C=O) groups is 1. The van der Waals surface area contributed by atoms with Gasteiger partial charge in [-0.05, 0) is 33.3 Å². The van der Waals surface area contributed by atoms with Crippen LogP contribution < -0.4 is 5.32 Å². The number of hydrogen-bond acceptors (Lipinski definition) is 2. The first-order chi connectivity index (χ1) is 8.28. The molecular formula is C15H24N2O. The van der Waals surface area contributed by atoms with Gasteiger partial charge < -0.3 is 10.2 Å². The van der Waals surface area contributed by atoms with Gasteiger partial charge in [-0.2, -0.15) is 0 Å². The highest BCUT2D eigenvalue weighted by Crippen LogP contribution is 2.06. The van der Waals surface area contributed by atoms with Crippen LogP contribution in [0.2, 0.25) is 0 Å². The highest BCUT2D eigenvalue weighted by Gasteiger charge is 2.14. The Morgan fingerprint density at radius 1 is 1.22 bits per heavy atom. The molecule has 0 spiro atoms. The van der Waals surface area contributed by atoms with Crippen LogP contribution in [0.1, 0.15) is 31.9 Å². The first-order valence-electron chi connectivity index (χ1n) is 6.32. The van der Waals surface area contributed by atoms with Gasteiger partial charge in [-0.15, -0.1) is 0 Å². The molecule has 1 amide bonds. The van der Waals surface area contributed by atoms with Gasteiger partial charge in [-0.1, -0.05) is 29.8 Å². The number of aryl methyl sites for hydroxylation is 1. The van der Waals surface area contributed by atoms with Crippen LogP contribution in [0.15, 0.2) is 24.3 Å². The summed E-state index contributed by atoms with van der Waals surface area (Å²) < 4.78 is 0. The molecule has 1 aromatic carbocycles. The van der Waals surface area contributed by atoms with E-state index in [1.807, 2.05) is 7.05 Å². The van der Waals surface area contributed by atoms with E-state index in [1.54, 1.807) is 4.90 Å². The quantitative estimate of drug-likeness (QED) is 0.887. The van der Waals surface area contributed by atoms with E-state index in [0.29, 0.717) is 13.1 Å². The van der Waals surface area contributed by atoms with Crippen molar-refractivity contribution in [2.45, 2.75) is 39.8 Å². The van der Waals surface area contributed by atoms with E-state index in [9.17, 15) is 4.79 Å². The first kappa shape index (κ1) is 14.7. The smallest absolute Gasteiger partial charge is 0.236 e. The number of amides is 1. The summed E-state index contributed by atoms with van der Waals surface area (Å²) in [7, 11) is 1.84. The fourth-order valence-corrected chi connectivity index (χ4v) is 1.53. The molecule has 0 aliphatic carbocycles. The van der Waals surface area contributed by atoms with Crippen molar-refractivity contribution in [2.75, 3.05) is 13.6 Å². The third-order valence-corrected chi connectivity index (χ3v) is 2.74. The molecule has 0 aliphatic rings. The fourth-order valence-electron chi connectivity index (χ4n) is 1.53. The lowest BCUT2D eigenvalue weighted by atomic mass is 10.1. The van der Waals surface area contributed by atoms with Gasteiger partial charge >= 0.3 is 0 Å². The Labute approximate surface area is 110 Å². The predicted octanol–water partition coefficient (Wildman–Crippen LogP) is 2.34. The zero-order valence-corrected chi connectivity index (χ0v) is 12.1. The minimum atomic E-state index is -0.0274. The summed E-state index contributed by atoms with van der Waals surface area (Å²) in [6, 6.07) is 8.27. The van der Waals surface area contributed by atoms with Gasteiger partial charge in [0.05, 0.1) is 6.54 Å². The Hall–Kier alpha value is -1.35. The summed E-state index contributed by atoms with van der Waals surface area (Å²) in [5, 5.41) is 3.21. The summed E-state index contributed by atoms with van der Waals surface area (Å²) in [4.78, 5) is 13.7. The van der Waals surface area contributed by atoms with Crippen molar-refractivity contribution >= 4 is 5.91 Å². The SMILES string of the molecule is Cc1ccc(CN(C)C(=O)CNC(C)(C)C)cc1. The summed E-state index contributed by atoms with van der Waals surface area (Å²) in [5.74, 6) is 0.116. The number of carbonyl (C=O) groups excluding carboxylic acids is 1. The zero-order valence-electron chi connectivity index (χ0n) is 12.1. The molecule has 0 saturated heterocycles. The number of rotatable bonds is 4. The summed E-state index contributed by atoms with van der Waals surface area (Å²) in [6.07, 6.45) is 0. The van der Waals surface area contributed by atoms with E-state index in [-0.39, 0.29) is 11.4 Å². The van der Waals surface area contributed by atoms with Crippen molar-refractivity contribution < 1.29 is 4.79 Å². The van der Waals surface area contributed by atoms with Crippen LogP contribution in [0.3, 0.4) is 0 Å². The maximum Gasteiger partial charge on any atom is 0.236 e. The molecule has 0 aliphatic heterocycles. The third-order valence-electron chi connectivity index (χ3n) is 2.74. The number of nitrogens with zero attached hydrogens (tertiary/aromatic N) is 1. The molecule has 0 heterocycles. The molecule has 0 aromatic heterocycles. The molecule has 0 radical (unpaired) electrons. The highest BCUT2D eigenvalue weighted by atomic mass is 16.2. The maximum absolute atomic E-state index is 11.9. The number of benzene rings is 1. The first-order valence-corrected chi connectivity index (χ1v) is 6.32. The summed E-state index contributed by atoms with van der Waals surface area (Å²) in [6.45, 7) is 9.27. The van der Waals surface area contributed by atoms with Crippen LogP contribution in [-0.2, 0) is 11.3 Å². The van der Waals surface area contributed by atoms with Crippen LogP contribution in [-0.4, -0.2) is 29.9 Å². The average Bonchev–Trinajstić information content (AvgIpc) is 2.28. The Balaban J connectivity index is 2.47. The maximum atomic E-state index is 11.9. The fraction of sp³-hybridized carbons (Fsp3) is 0.533. The molecule has 1 aromatic rings. The normalized spacial score (nSPS) is 11.4. The van der Waals surface area contributed by atoms with Crippen molar-refractivity contribution in [3.05, 3.63) is 35.4 Å². The highest BCUT2D eigenvalue weighted by molar-refractivity contribution is 5.78. The van der Waals surface area contributed by atoms with Crippen LogP contribution in [0.25, 0.3) is 0 Å². The van der Waals surface area contributed by atoms with Crippen molar-refractivity contribution in [3.8, 4) is 0 Å². The van der Waals surface area contributed by atoms with Crippen molar-refractivity contribution in [1.82, 2.24) is 10.2 Å². The van der Waals surface area contributed by atoms with Gasteiger partial charge in [0.25, 0.3) is 0 Å². The Kier molecular flexibility index (Phi) is 4.91. The van der Waals surface area contributed by atoms with Crippen molar-refractivity contribution in [1.29, 1.82) is 0 Å².